The Bertz CT molecular complexity index is 451. The Balaban J connectivity index is 1.85. The van der Waals surface area contributed by atoms with Crippen molar-refractivity contribution < 1.29 is 13.9 Å². The molecule has 0 bridgehead atoms. The van der Waals surface area contributed by atoms with Crippen molar-refractivity contribution >= 4 is 0 Å². The van der Waals surface area contributed by atoms with Gasteiger partial charge in [0.2, 0.25) is 0 Å². The molecule has 0 spiro atoms. The lowest BCUT2D eigenvalue weighted by Crippen LogP contribution is -2.35. The number of nitrogens with one attached hydrogen (secondary N) is 1. The number of benzene rings is 1. The van der Waals surface area contributed by atoms with Crippen LogP contribution < -0.4 is 5.32 Å². The fraction of sp³-hybridized carbons (Fsp3) is 0.647. The highest BCUT2D eigenvalue weighted by molar-refractivity contribution is 5.24. The normalized spacial score (nSPS) is 19.1. The summed E-state index contributed by atoms with van der Waals surface area (Å²) in [6, 6.07) is 5.21. The lowest BCUT2D eigenvalue weighted by atomic mass is 10.1. The molecule has 0 saturated carbocycles. The van der Waals surface area contributed by atoms with E-state index < -0.39 is 0 Å². The van der Waals surface area contributed by atoms with Gasteiger partial charge in [-0.1, -0.05) is 6.07 Å². The van der Waals surface area contributed by atoms with Crippen LogP contribution in [0, 0.1) is 5.82 Å². The molecule has 1 aromatic carbocycles. The molecule has 1 aromatic rings. The lowest BCUT2D eigenvalue weighted by Gasteiger charge is -2.21. The minimum absolute atomic E-state index is 0.0465. The Morgan fingerprint density at radius 1 is 1.38 bits per heavy atom. The average molecular weight is 295 g/mol. The molecule has 21 heavy (non-hydrogen) atoms. The van der Waals surface area contributed by atoms with Gasteiger partial charge in [-0.25, -0.2) is 4.39 Å². The van der Waals surface area contributed by atoms with Crippen molar-refractivity contribution in [2.75, 3.05) is 13.2 Å². The van der Waals surface area contributed by atoms with Gasteiger partial charge in [-0.3, -0.25) is 0 Å². The average Bonchev–Trinajstić information content (AvgIpc) is 2.91. The van der Waals surface area contributed by atoms with Gasteiger partial charge in [-0.15, -0.1) is 0 Å². The zero-order valence-electron chi connectivity index (χ0n) is 13.2. The van der Waals surface area contributed by atoms with Crippen molar-refractivity contribution in [3.05, 3.63) is 35.1 Å². The molecule has 0 amide bonds. The second kappa shape index (κ2) is 7.34. The zero-order valence-corrected chi connectivity index (χ0v) is 13.2. The van der Waals surface area contributed by atoms with Crippen LogP contribution in [0.3, 0.4) is 0 Å². The van der Waals surface area contributed by atoms with Crippen LogP contribution in [0.25, 0.3) is 0 Å². The minimum Gasteiger partial charge on any atom is -0.376 e. The third kappa shape index (κ3) is 5.73. The molecule has 3 nitrogen and oxygen atoms in total. The van der Waals surface area contributed by atoms with Gasteiger partial charge in [0.25, 0.3) is 0 Å². The van der Waals surface area contributed by atoms with Crippen LogP contribution in [0.5, 0.6) is 0 Å². The second-order valence-corrected chi connectivity index (χ2v) is 6.68. The molecule has 1 aliphatic heterocycles. The largest absolute Gasteiger partial charge is 0.376 e. The quantitative estimate of drug-likeness (QED) is 0.872. The lowest BCUT2D eigenvalue weighted by molar-refractivity contribution is 0.00981. The van der Waals surface area contributed by atoms with Gasteiger partial charge < -0.3 is 14.8 Å². The van der Waals surface area contributed by atoms with E-state index in [1.807, 2.05) is 12.1 Å². The number of hydrogen-bond acceptors (Lipinski definition) is 3. The van der Waals surface area contributed by atoms with Crippen LogP contribution in [-0.4, -0.2) is 24.9 Å². The first-order valence-corrected chi connectivity index (χ1v) is 7.66. The summed E-state index contributed by atoms with van der Waals surface area (Å²) in [6.45, 7) is 8.73. The second-order valence-electron chi connectivity index (χ2n) is 6.68. The molecule has 1 fully saturated rings. The van der Waals surface area contributed by atoms with Gasteiger partial charge >= 0.3 is 0 Å². The van der Waals surface area contributed by atoms with Crippen LogP contribution in [0.1, 0.15) is 44.7 Å². The van der Waals surface area contributed by atoms with Crippen LogP contribution in [0.4, 0.5) is 4.39 Å². The standard InChI is InChI=1S/C17H26FNO2/c1-17(2,3)19-10-13-6-7-16(18)14(9-13)11-20-12-15-5-4-8-21-15/h6-7,9,15,19H,4-5,8,10-12H2,1-3H3. The molecule has 2 rings (SSSR count). The molecular formula is C17H26FNO2. The van der Waals surface area contributed by atoms with E-state index in [1.54, 1.807) is 0 Å². The molecule has 118 valence electrons. The molecule has 1 N–H and O–H groups in total. The van der Waals surface area contributed by atoms with Crippen molar-refractivity contribution in [3.8, 4) is 0 Å². The van der Waals surface area contributed by atoms with Crippen LogP contribution in [0.15, 0.2) is 18.2 Å². The predicted octanol–water partition coefficient (Wildman–Crippen LogP) is 3.41. The van der Waals surface area contributed by atoms with Crippen molar-refractivity contribution in [1.82, 2.24) is 5.32 Å². The SMILES string of the molecule is CC(C)(C)NCc1ccc(F)c(COCC2CCCO2)c1. The van der Waals surface area contributed by atoms with Gasteiger partial charge in [0.1, 0.15) is 5.82 Å². The van der Waals surface area contributed by atoms with Crippen molar-refractivity contribution in [1.29, 1.82) is 0 Å². The van der Waals surface area contributed by atoms with E-state index in [2.05, 4.69) is 26.1 Å². The smallest absolute Gasteiger partial charge is 0.128 e. The maximum Gasteiger partial charge on any atom is 0.128 e. The van der Waals surface area contributed by atoms with Gasteiger partial charge in [0.05, 0.1) is 19.3 Å². The van der Waals surface area contributed by atoms with Gasteiger partial charge in [-0.05, 0) is 51.3 Å². The van der Waals surface area contributed by atoms with Crippen LogP contribution in [0.2, 0.25) is 0 Å². The molecule has 1 aliphatic rings. The highest BCUT2D eigenvalue weighted by atomic mass is 19.1. The van der Waals surface area contributed by atoms with E-state index in [-0.39, 0.29) is 17.5 Å². The molecule has 1 heterocycles. The van der Waals surface area contributed by atoms with E-state index in [9.17, 15) is 4.39 Å². The first kappa shape index (κ1) is 16.4. The summed E-state index contributed by atoms with van der Waals surface area (Å²) in [6.07, 6.45) is 2.31. The first-order valence-electron chi connectivity index (χ1n) is 7.66. The topological polar surface area (TPSA) is 30.5 Å². The summed E-state index contributed by atoms with van der Waals surface area (Å²) in [5, 5.41) is 3.40. The molecule has 4 heteroatoms. The fourth-order valence-electron chi connectivity index (χ4n) is 2.29. The van der Waals surface area contributed by atoms with E-state index in [0.29, 0.717) is 18.8 Å². The fourth-order valence-corrected chi connectivity index (χ4v) is 2.29. The van der Waals surface area contributed by atoms with Crippen molar-refractivity contribution in [2.45, 2.75) is 58.4 Å². The summed E-state index contributed by atoms with van der Waals surface area (Å²) in [5.41, 5.74) is 1.73. The minimum atomic E-state index is -0.207. The monoisotopic (exact) mass is 295 g/mol. The summed E-state index contributed by atoms with van der Waals surface area (Å²) < 4.78 is 24.9. The summed E-state index contributed by atoms with van der Waals surface area (Å²) in [5.74, 6) is -0.207. The molecule has 1 atom stereocenters. The van der Waals surface area contributed by atoms with Gasteiger partial charge in [0, 0.05) is 24.3 Å². The number of rotatable bonds is 6. The highest BCUT2D eigenvalue weighted by Gasteiger charge is 2.16. The first-order chi connectivity index (χ1) is 9.94. The molecule has 1 unspecified atom stereocenters. The molecule has 0 radical (unpaired) electrons. The Morgan fingerprint density at radius 2 is 2.19 bits per heavy atom. The maximum absolute atomic E-state index is 13.8. The highest BCUT2D eigenvalue weighted by Crippen LogP contribution is 2.16. The predicted molar refractivity (Wildman–Crippen MR) is 81.6 cm³/mol. The third-order valence-corrected chi connectivity index (χ3v) is 3.52. The van der Waals surface area contributed by atoms with Crippen LogP contribution >= 0.6 is 0 Å². The van der Waals surface area contributed by atoms with E-state index in [1.165, 1.54) is 6.07 Å². The Morgan fingerprint density at radius 3 is 2.86 bits per heavy atom. The van der Waals surface area contributed by atoms with Gasteiger partial charge in [-0.2, -0.15) is 0 Å². The Labute approximate surface area is 126 Å². The van der Waals surface area contributed by atoms with Crippen molar-refractivity contribution in [3.63, 3.8) is 0 Å². The molecule has 1 saturated heterocycles. The number of ether oxygens (including phenoxy) is 2. The summed E-state index contributed by atoms with van der Waals surface area (Å²) in [4.78, 5) is 0. The Hall–Kier alpha value is -0.970. The number of hydrogen-bond donors (Lipinski definition) is 1. The van der Waals surface area contributed by atoms with E-state index >= 15 is 0 Å². The molecular weight excluding hydrogens is 269 g/mol. The molecule has 0 aliphatic carbocycles. The summed E-state index contributed by atoms with van der Waals surface area (Å²) in [7, 11) is 0. The maximum atomic E-state index is 13.8. The van der Waals surface area contributed by atoms with Gasteiger partial charge in [0.15, 0.2) is 0 Å². The van der Waals surface area contributed by atoms with Crippen LogP contribution in [-0.2, 0) is 22.6 Å². The third-order valence-electron chi connectivity index (χ3n) is 3.52. The Kier molecular flexibility index (Phi) is 5.73. The van der Waals surface area contributed by atoms with E-state index in [0.717, 1.165) is 31.6 Å². The van der Waals surface area contributed by atoms with Crippen molar-refractivity contribution in [2.24, 2.45) is 0 Å². The molecule has 0 aromatic heterocycles. The summed E-state index contributed by atoms with van der Waals surface area (Å²) >= 11 is 0. The zero-order chi connectivity index (χ0) is 15.3. The van der Waals surface area contributed by atoms with E-state index in [4.69, 9.17) is 9.47 Å². The number of halogens is 1.